The molecule has 0 aliphatic heterocycles. The molecule has 1 N–H and O–H groups in total. The summed E-state index contributed by atoms with van der Waals surface area (Å²) >= 11 is 5.99. The number of ether oxygens (including phenoxy) is 3. The minimum atomic E-state index is 0.274. The van der Waals surface area contributed by atoms with E-state index in [9.17, 15) is 0 Å². The van der Waals surface area contributed by atoms with Crippen LogP contribution in [-0.2, 0) is 20.6 Å². The predicted molar refractivity (Wildman–Crippen MR) is 86.2 cm³/mol. The number of alkyl halides is 1. The van der Waals surface area contributed by atoms with E-state index < -0.39 is 0 Å². The predicted octanol–water partition coefficient (Wildman–Crippen LogP) is 2.11. The first kappa shape index (κ1) is 18.4. The summed E-state index contributed by atoms with van der Waals surface area (Å²) in [5.74, 6) is 0.592. The molecule has 1 rings (SSSR count). The van der Waals surface area contributed by atoms with Gasteiger partial charge in [-0.2, -0.15) is 0 Å². The van der Waals surface area contributed by atoms with Crippen molar-refractivity contribution in [1.82, 2.24) is 5.32 Å². The molecule has 0 radical (unpaired) electrons. The summed E-state index contributed by atoms with van der Waals surface area (Å²) in [7, 11) is 1.66. The Morgan fingerprint density at radius 2 is 1.67 bits per heavy atom. The standard InChI is InChI=1S/C16H26ClNO3/c1-19-9-10-21-12-11-20-8-7-18-16(14-17)13-15-5-3-2-4-6-15/h2-6,16,18H,7-14H2,1H3. The second-order valence-electron chi connectivity index (χ2n) is 4.71. The van der Waals surface area contributed by atoms with Gasteiger partial charge in [-0.1, -0.05) is 30.3 Å². The van der Waals surface area contributed by atoms with Crippen LogP contribution in [0.25, 0.3) is 0 Å². The Morgan fingerprint density at radius 1 is 1.00 bits per heavy atom. The summed E-state index contributed by atoms with van der Waals surface area (Å²) in [6.45, 7) is 3.90. The van der Waals surface area contributed by atoms with Crippen LogP contribution in [0.2, 0.25) is 0 Å². The Labute approximate surface area is 132 Å². The number of benzene rings is 1. The van der Waals surface area contributed by atoms with Crippen molar-refractivity contribution >= 4 is 11.6 Å². The molecule has 21 heavy (non-hydrogen) atoms. The Balaban J connectivity index is 2.00. The summed E-state index contributed by atoms with van der Waals surface area (Å²) in [5, 5.41) is 3.41. The fraction of sp³-hybridized carbons (Fsp3) is 0.625. The highest BCUT2D eigenvalue weighted by Gasteiger charge is 2.07. The third-order valence-corrected chi connectivity index (χ3v) is 3.37. The van der Waals surface area contributed by atoms with Crippen molar-refractivity contribution in [3.05, 3.63) is 35.9 Å². The van der Waals surface area contributed by atoms with Gasteiger partial charge in [-0.25, -0.2) is 0 Å². The van der Waals surface area contributed by atoms with Gasteiger partial charge in [0, 0.05) is 25.6 Å². The lowest BCUT2D eigenvalue weighted by molar-refractivity contribution is 0.0253. The highest BCUT2D eigenvalue weighted by molar-refractivity contribution is 6.18. The molecule has 120 valence electrons. The summed E-state index contributed by atoms with van der Waals surface area (Å²) < 4.78 is 15.7. The molecule has 5 heteroatoms. The fourth-order valence-electron chi connectivity index (χ4n) is 1.88. The van der Waals surface area contributed by atoms with Gasteiger partial charge >= 0.3 is 0 Å². The topological polar surface area (TPSA) is 39.7 Å². The molecule has 0 heterocycles. The summed E-state index contributed by atoms with van der Waals surface area (Å²) in [6, 6.07) is 10.6. The van der Waals surface area contributed by atoms with Gasteiger partial charge in [-0.15, -0.1) is 11.6 Å². The first-order chi connectivity index (χ1) is 10.4. The maximum Gasteiger partial charge on any atom is 0.0701 e. The molecule has 0 saturated carbocycles. The lowest BCUT2D eigenvalue weighted by atomic mass is 10.1. The maximum atomic E-state index is 5.99. The maximum absolute atomic E-state index is 5.99. The second-order valence-corrected chi connectivity index (χ2v) is 5.02. The molecule has 0 saturated heterocycles. The first-order valence-corrected chi connectivity index (χ1v) is 7.88. The number of hydrogen-bond donors (Lipinski definition) is 1. The summed E-state index contributed by atoms with van der Waals surface area (Å²) in [5.41, 5.74) is 1.29. The fourth-order valence-corrected chi connectivity index (χ4v) is 2.10. The average molecular weight is 316 g/mol. The third kappa shape index (κ3) is 9.82. The van der Waals surface area contributed by atoms with Crippen LogP contribution in [0.15, 0.2) is 30.3 Å². The Hall–Kier alpha value is -0.650. The van der Waals surface area contributed by atoms with Gasteiger partial charge in [0.25, 0.3) is 0 Å². The lowest BCUT2D eigenvalue weighted by Crippen LogP contribution is -2.35. The molecule has 4 nitrogen and oxygen atoms in total. The molecule has 0 amide bonds. The van der Waals surface area contributed by atoms with E-state index in [1.807, 2.05) is 18.2 Å². The van der Waals surface area contributed by atoms with Gasteiger partial charge in [0.15, 0.2) is 0 Å². The van der Waals surface area contributed by atoms with Crippen LogP contribution >= 0.6 is 11.6 Å². The van der Waals surface area contributed by atoms with E-state index in [2.05, 4.69) is 17.4 Å². The highest BCUT2D eigenvalue weighted by Crippen LogP contribution is 2.04. The van der Waals surface area contributed by atoms with Gasteiger partial charge in [0.2, 0.25) is 0 Å². The Bertz CT molecular complexity index is 338. The van der Waals surface area contributed by atoms with E-state index in [1.165, 1.54) is 5.56 Å². The van der Waals surface area contributed by atoms with E-state index in [0.717, 1.165) is 13.0 Å². The van der Waals surface area contributed by atoms with Gasteiger partial charge in [0.05, 0.1) is 33.0 Å². The Kier molecular flexibility index (Phi) is 11.4. The summed E-state index contributed by atoms with van der Waals surface area (Å²) in [4.78, 5) is 0. The smallest absolute Gasteiger partial charge is 0.0701 e. The van der Waals surface area contributed by atoms with E-state index >= 15 is 0 Å². The molecule has 0 spiro atoms. The minimum absolute atomic E-state index is 0.274. The third-order valence-electron chi connectivity index (χ3n) is 2.99. The van der Waals surface area contributed by atoms with Crippen molar-refractivity contribution in [2.75, 3.05) is 52.6 Å². The van der Waals surface area contributed by atoms with Crippen LogP contribution in [0.5, 0.6) is 0 Å². The highest BCUT2D eigenvalue weighted by atomic mass is 35.5. The molecular weight excluding hydrogens is 290 g/mol. The zero-order valence-corrected chi connectivity index (χ0v) is 13.5. The molecule has 0 aromatic heterocycles. The number of rotatable bonds is 13. The first-order valence-electron chi connectivity index (χ1n) is 7.34. The molecule has 0 aliphatic carbocycles. The molecular formula is C16H26ClNO3. The van der Waals surface area contributed by atoms with E-state index in [1.54, 1.807) is 7.11 Å². The van der Waals surface area contributed by atoms with Gasteiger partial charge < -0.3 is 19.5 Å². The molecule has 0 bridgehead atoms. The monoisotopic (exact) mass is 315 g/mol. The minimum Gasteiger partial charge on any atom is -0.382 e. The molecule has 0 aliphatic rings. The van der Waals surface area contributed by atoms with Gasteiger partial charge in [0.1, 0.15) is 0 Å². The van der Waals surface area contributed by atoms with E-state index in [4.69, 9.17) is 25.8 Å². The van der Waals surface area contributed by atoms with Crippen molar-refractivity contribution < 1.29 is 14.2 Å². The molecule has 1 aromatic carbocycles. The summed E-state index contributed by atoms with van der Waals surface area (Å²) in [6.07, 6.45) is 0.935. The van der Waals surface area contributed by atoms with Gasteiger partial charge in [-0.05, 0) is 12.0 Å². The molecule has 1 atom stereocenters. The molecule has 0 fully saturated rings. The van der Waals surface area contributed by atoms with Crippen LogP contribution in [0.3, 0.4) is 0 Å². The van der Waals surface area contributed by atoms with Crippen molar-refractivity contribution in [3.63, 3.8) is 0 Å². The van der Waals surface area contributed by atoms with Crippen LogP contribution in [0, 0.1) is 0 Å². The lowest BCUT2D eigenvalue weighted by Gasteiger charge is -2.16. The van der Waals surface area contributed by atoms with Crippen molar-refractivity contribution in [2.24, 2.45) is 0 Å². The van der Waals surface area contributed by atoms with E-state index in [0.29, 0.717) is 38.9 Å². The van der Waals surface area contributed by atoms with Crippen LogP contribution < -0.4 is 5.32 Å². The van der Waals surface area contributed by atoms with Crippen molar-refractivity contribution in [2.45, 2.75) is 12.5 Å². The van der Waals surface area contributed by atoms with Crippen molar-refractivity contribution in [1.29, 1.82) is 0 Å². The zero-order valence-electron chi connectivity index (χ0n) is 12.7. The normalized spacial score (nSPS) is 12.5. The SMILES string of the molecule is COCCOCCOCCNC(CCl)Cc1ccccc1. The molecule has 1 aromatic rings. The quantitative estimate of drug-likeness (QED) is 0.447. The number of halogens is 1. The number of nitrogens with one attached hydrogen (secondary N) is 1. The van der Waals surface area contributed by atoms with Gasteiger partial charge in [-0.3, -0.25) is 0 Å². The largest absolute Gasteiger partial charge is 0.382 e. The van der Waals surface area contributed by atoms with Crippen LogP contribution in [-0.4, -0.2) is 58.6 Å². The van der Waals surface area contributed by atoms with Crippen LogP contribution in [0.1, 0.15) is 5.56 Å². The van der Waals surface area contributed by atoms with Crippen molar-refractivity contribution in [3.8, 4) is 0 Å². The zero-order chi connectivity index (χ0) is 15.2. The second kappa shape index (κ2) is 13.0. The Morgan fingerprint density at radius 3 is 2.33 bits per heavy atom. The van der Waals surface area contributed by atoms with E-state index in [-0.39, 0.29) is 6.04 Å². The van der Waals surface area contributed by atoms with Crippen LogP contribution in [0.4, 0.5) is 0 Å². The average Bonchev–Trinajstić information content (AvgIpc) is 2.53. The number of methoxy groups -OCH3 is 1. The molecule has 1 unspecified atom stereocenters. The number of hydrogen-bond acceptors (Lipinski definition) is 4.